The molecule has 1 aliphatic heterocycles. The van der Waals surface area contributed by atoms with Crippen LogP contribution in [0.5, 0.6) is 0 Å². The van der Waals surface area contributed by atoms with Crippen molar-refractivity contribution in [3.63, 3.8) is 0 Å². The van der Waals surface area contributed by atoms with Gasteiger partial charge in [-0.05, 0) is 41.0 Å². The van der Waals surface area contributed by atoms with Crippen LogP contribution in [0.3, 0.4) is 0 Å². The minimum Gasteiger partial charge on any atom is -0.352 e. The van der Waals surface area contributed by atoms with Crippen molar-refractivity contribution in [2.75, 3.05) is 6.54 Å². The topological polar surface area (TPSA) is 29.1 Å². The molecule has 2 atom stereocenters. The highest BCUT2D eigenvalue weighted by atomic mass is 16.1. The highest BCUT2D eigenvalue weighted by Crippen LogP contribution is 2.43. The molecule has 19 heavy (non-hydrogen) atoms. The van der Waals surface area contributed by atoms with Gasteiger partial charge in [-0.25, -0.2) is 0 Å². The van der Waals surface area contributed by atoms with Crippen molar-refractivity contribution in [3.05, 3.63) is 47.5 Å². The molecule has 1 fully saturated rings. The Morgan fingerprint density at radius 1 is 1.05 bits per heavy atom. The smallest absolute Gasteiger partial charge is 0.252 e. The van der Waals surface area contributed by atoms with Crippen LogP contribution in [-0.2, 0) is 0 Å². The maximum absolute atomic E-state index is 12.4. The molecule has 96 valence electrons. The summed E-state index contributed by atoms with van der Waals surface area (Å²) in [5.41, 5.74) is 2.20. The number of nitrogens with one attached hydrogen (secondary N) is 1. The average Bonchev–Trinajstić information content (AvgIpc) is 2.87. The molecule has 0 unspecified atom stereocenters. The van der Waals surface area contributed by atoms with Gasteiger partial charge in [0.05, 0.1) is 5.56 Å². The predicted molar refractivity (Wildman–Crippen MR) is 76.4 cm³/mol. The molecule has 1 saturated carbocycles. The molecule has 0 bridgehead atoms. The average molecular weight is 251 g/mol. The van der Waals surface area contributed by atoms with E-state index in [9.17, 15) is 4.79 Å². The van der Waals surface area contributed by atoms with E-state index in [-0.39, 0.29) is 5.91 Å². The van der Waals surface area contributed by atoms with E-state index in [4.69, 9.17) is 0 Å². The van der Waals surface area contributed by atoms with Gasteiger partial charge in [0.25, 0.3) is 5.91 Å². The standard InChI is InChI=1S/C17H17NO/c19-17-16-14-6-2-1-4-11(14)8-9-15(16)13-7-3-5-12(13)10-18-17/h1-2,4,6,8-9,12-13H,3,5,7,10H2,(H,18,19)/t12-,13+/m0/s1. The number of carbonyl (C=O) groups excluding carboxylic acids is 1. The molecule has 0 radical (unpaired) electrons. The van der Waals surface area contributed by atoms with E-state index in [0.717, 1.165) is 22.9 Å². The Morgan fingerprint density at radius 2 is 1.95 bits per heavy atom. The fraction of sp³-hybridized carbons (Fsp3) is 0.353. The Labute approximate surface area is 112 Å². The van der Waals surface area contributed by atoms with Gasteiger partial charge < -0.3 is 5.32 Å². The van der Waals surface area contributed by atoms with Gasteiger partial charge in [0.2, 0.25) is 0 Å². The molecule has 0 saturated heterocycles. The first-order valence-electron chi connectivity index (χ1n) is 7.14. The van der Waals surface area contributed by atoms with Crippen LogP contribution in [0.25, 0.3) is 10.8 Å². The summed E-state index contributed by atoms with van der Waals surface area (Å²) in [6.45, 7) is 0.840. The number of rotatable bonds is 0. The molecule has 2 aromatic carbocycles. The van der Waals surface area contributed by atoms with Gasteiger partial charge in [0.1, 0.15) is 0 Å². The van der Waals surface area contributed by atoms with E-state index in [0.29, 0.717) is 11.8 Å². The van der Waals surface area contributed by atoms with Crippen molar-refractivity contribution in [1.29, 1.82) is 0 Å². The molecule has 0 aromatic heterocycles. The summed E-state index contributed by atoms with van der Waals surface area (Å²) in [6, 6.07) is 12.6. The van der Waals surface area contributed by atoms with Crippen molar-refractivity contribution >= 4 is 16.7 Å². The Morgan fingerprint density at radius 3 is 2.89 bits per heavy atom. The van der Waals surface area contributed by atoms with Gasteiger partial charge in [-0.2, -0.15) is 0 Å². The van der Waals surface area contributed by atoms with Crippen LogP contribution in [-0.4, -0.2) is 12.5 Å². The van der Waals surface area contributed by atoms with Crippen LogP contribution in [0.2, 0.25) is 0 Å². The number of benzene rings is 2. The largest absolute Gasteiger partial charge is 0.352 e. The Hall–Kier alpha value is -1.83. The Kier molecular flexibility index (Phi) is 2.37. The van der Waals surface area contributed by atoms with E-state index < -0.39 is 0 Å². The summed E-state index contributed by atoms with van der Waals surface area (Å²) < 4.78 is 0. The Bertz CT molecular complexity index is 661. The lowest BCUT2D eigenvalue weighted by molar-refractivity contribution is 0.0953. The minimum absolute atomic E-state index is 0.112. The summed E-state index contributed by atoms with van der Waals surface area (Å²) in [7, 11) is 0. The summed E-state index contributed by atoms with van der Waals surface area (Å²) in [5.74, 6) is 1.31. The first-order chi connectivity index (χ1) is 9.34. The third-order valence-corrected chi connectivity index (χ3v) is 4.77. The molecule has 1 heterocycles. The lowest BCUT2D eigenvalue weighted by Gasteiger charge is -2.18. The molecule has 1 aliphatic carbocycles. The molecule has 1 N–H and O–H groups in total. The minimum atomic E-state index is 0.112. The SMILES string of the molecule is O=C1NC[C@@H]2CCC[C@H]2c2ccc3ccccc3c21. The zero-order chi connectivity index (χ0) is 12.8. The van der Waals surface area contributed by atoms with E-state index in [1.54, 1.807) is 0 Å². The highest BCUT2D eigenvalue weighted by Gasteiger charge is 2.34. The van der Waals surface area contributed by atoms with E-state index in [2.05, 4.69) is 29.6 Å². The van der Waals surface area contributed by atoms with Crippen molar-refractivity contribution < 1.29 is 4.79 Å². The van der Waals surface area contributed by atoms with Gasteiger partial charge in [0, 0.05) is 6.54 Å². The third kappa shape index (κ3) is 1.59. The van der Waals surface area contributed by atoms with Crippen molar-refractivity contribution in [2.24, 2.45) is 5.92 Å². The fourth-order valence-electron chi connectivity index (χ4n) is 3.85. The van der Waals surface area contributed by atoms with Crippen molar-refractivity contribution in [2.45, 2.75) is 25.2 Å². The lowest BCUT2D eigenvalue weighted by Crippen LogP contribution is -2.26. The highest BCUT2D eigenvalue weighted by molar-refractivity contribution is 6.08. The predicted octanol–water partition coefficient (Wildman–Crippen LogP) is 3.47. The van der Waals surface area contributed by atoms with E-state index in [1.165, 1.54) is 24.8 Å². The maximum Gasteiger partial charge on any atom is 0.252 e. The maximum atomic E-state index is 12.4. The van der Waals surface area contributed by atoms with Crippen LogP contribution in [0, 0.1) is 5.92 Å². The molecule has 0 spiro atoms. The van der Waals surface area contributed by atoms with Gasteiger partial charge in [-0.3, -0.25) is 4.79 Å². The molecule has 2 aliphatic rings. The van der Waals surface area contributed by atoms with E-state index in [1.807, 2.05) is 12.1 Å². The zero-order valence-corrected chi connectivity index (χ0v) is 10.9. The fourth-order valence-corrected chi connectivity index (χ4v) is 3.85. The van der Waals surface area contributed by atoms with Gasteiger partial charge >= 0.3 is 0 Å². The van der Waals surface area contributed by atoms with Crippen LogP contribution in [0.4, 0.5) is 0 Å². The molecule has 1 amide bonds. The number of hydrogen-bond donors (Lipinski definition) is 1. The second-order valence-electron chi connectivity index (χ2n) is 5.76. The van der Waals surface area contributed by atoms with Crippen LogP contribution in [0.15, 0.2) is 36.4 Å². The molecule has 2 nitrogen and oxygen atoms in total. The normalized spacial score (nSPS) is 25.6. The van der Waals surface area contributed by atoms with Gasteiger partial charge in [0.15, 0.2) is 0 Å². The molecule has 4 rings (SSSR count). The third-order valence-electron chi connectivity index (χ3n) is 4.77. The van der Waals surface area contributed by atoms with Gasteiger partial charge in [-0.1, -0.05) is 42.8 Å². The molecule has 2 heteroatoms. The Balaban J connectivity index is 2.02. The molecular formula is C17H17NO. The number of carbonyl (C=O) groups is 1. The van der Waals surface area contributed by atoms with Gasteiger partial charge in [-0.15, -0.1) is 0 Å². The van der Waals surface area contributed by atoms with E-state index >= 15 is 0 Å². The number of amides is 1. The second-order valence-corrected chi connectivity index (χ2v) is 5.76. The van der Waals surface area contributed by atoms with Crippen LogP contribution < -0.4 is 5.32 Å². The monoisotopic (exact) mass is 251 g/mol. The van der Waals surface area contributed by atoms with Crippen molar-refractivity contribution in [3.8, 4) is 0 Å². The number of hydrogen-bond acceptors (Lipinski definition) is 1. The summed E-state index contributed by atoms with van der Waals surface area (Å²) >= 11 is 0. The quantitative estimate of drug-likeness (QED) is 0.763. The molecule has 2 aromatic rings. The first kappa shape index (κ1) is 11.0. The first-order valence-corrected chi connectivity index (χ1v) is 7.14. The summed E-state index contributed by atoms with van der Waals surface area (Å²) in [5, 5.41) is 5.39. The number of fused-ring (bicyclic) bond motifs is 5. The van der Waals surface area contributed by atoms with Crippen LogP contribution >= 0.6 is 0 Å². The molecular weight excluding hydrogens is 234 g/mol. The van der Waals surface area contributed by atoms with Crippen LogP contribution in [0.1, 0.15) is 41.1 Å². The van der Waals surface area contributed by atoms with Crippen molar-refractivity contribution in [1.82, 2.24) is 5.32 Å². The second kappa shape index (κ2) is 4.09. The zero-order valence-electron chi connectivity index (χ0n) is 10.9. The summed E-state index contributed by atoms with van der Waals surface area (Å²) in [4.78, 5) is 12.4. The summed E-state index contributed by atoms with van der Waals surface area (Å²) in [6.07, 6.45) is 3.76. The lowest BCUT2D eigenvalue weighted by atomic mass is 9.85.